The number of aliphatic hydroxyl groups excluding tert-OH is 6. The zero-order chi connectivity index (χ0) is 69.4. The summed E-state index contributed by atoms with van der Waals surface area (Å²) in [6.07, 6.45) is -66.6. The molecule has 0 bridgehead atoms. The van der Waals surface area contributed by atoms with Gasteiger partial charge in [0.15, 0.2) is 68.5 Å². The smallest absolute Gasteiger partial charge is 0.735 e. The standard InChI is InChI=1S/C31H53N3O49S8.10Na/c1-69-27-9(33-85(48,49)50)13(37)17(6(74-27)3-71-88(57,58)59)76-31-22(83-91(66,67)68)16(40)21(24(81-31)26(43)44)79-29-10(34-86(51,52)53)19(82-90(63,64)65)18(7(75-29)4-72-89(60,61)62)77-30-15(39)14(38)20(23(80-30)25(41)42)78-28-8(32-84(45,46)47)12(36)11(35)5(73-28)2-70-87(54,55)56;;;;;;;;;;/h5-24,27-40H,2-4H2,1H3,(H,41,42)(H,43,44)(H,45,46,47)(H,48,49,50)(H,51,52,53)(H,54,55,56)(H,57,58,59)(H,60,61,62)(H,63,64,65)(H,66,67,68);;;;;;;;;;/q;10*+1/p-10/t5-,6-,7-,8-,9-,10-,11-,12-,13?,14?,15-,16+,17-,18-,19-,20+,21+,22-,23+,24-,27?,28?,29?,30-,31-;;;;;;;;;;/m1........../s1. The van der Waals surface area contributed by atoms with Gasteiger partial charge >= 0.3 is 296 Å². The van der Waals surface area contributed by atoms with E-state index in [4.69, 9.17) is 47.4 Å². The molecule has 25 atom stereocenters. The van der Waals surface area contributed by atoms with Crippen molar-refractivity contribution in [3.8, 4) is 0 Å². The van der Waals surface area contributed by atoms with E-state index >= 15 is 0 Å². The summed E-state index contributed by atoms with van der Waals surface area (Å²) in [6.45, 7) is -5.44. The number of aliphatic hydroxyl groups is 6. The first kappa shape index (κ1) is 119. The average Bonchev–Trinajstić information content (AvgIpc) is 0.764. The first-order valence-corrected chi connectivity index (χ1v) is 34.3. The van der Waals surface area contributed by atoms with Gasteiger partial charge in [0, 0.05) is 7.11 Å². The number of carbonyl (C=O) groups excluding carboxylic acids is 2. The predicted octanol–water partition coefficient (Wildman–Crippen LogP) is -49.1. The molecule has 70 heteroatoms. The quantitative estimate of drug-likeness (QED) is 0.0183. The van der Waals surface area contributed by atoms with Crippen molar-refractivity contribution in [1.29, 1.82) is 0 Å². The molecule has 0 aliphatic carbocycles. The number of nitrogens with one attached hydrogen (secondary N) is 3. The molecule has 0 aromatic rings. The van der Waals surface area contributed by atoms with E-state index in [1.54, 1.807) is 0 Å². The van der Waals surface area contributed by atoms with Crippen molar-refractivity contribution >= 4 is 94.8 Å². The normalized spacial score (nSPS) is 34.8. The number of hydrogen-bond donors (Lipinski definition) is 9. The molecule has 101 heavy (non-hydrogen) atoms. The van der Waals surface area contributed by atoms with Crippen molar-refractivity contribution in [2.24, 2.45) is 0 Å². The van der Waals surface area contributed by atoms with Crippen LogP contribution in [-0.2, 0) is 161 Å². The maximum atomic E-state index is 12.8. The van der Waals surface area contributed by atoms with E-state index in [2.05, 4.69) is 20.9 Å². The molecular weight excluding hydrogens is 1680 g/mol. The van der Waals surface area contributed by atoms with Crippen LogP contribution in [0, 0.1) is 0 Å². The van der Waals surface area contributed by atoms with Crippen LogP contribution in [0.25, 0.3) is 0 Å². The van der Waals surface area contributed by atoms with Gasteiger partial charge in [0.2, 0.25) is 52.0 Å². The molecule has 5 aliphatic heterocycles. The Bertz CT molecular complexity index is 3530. The van der Waals surface area contributed by atoms with Crippen LogP contribution in [0.2, 0.25) is 0 Å². The predicted molar refractivity (Wildman–Crippen MR) is 242 cm³/mol. The van der Waals surface area contributed by atoms with Crippen LogP contribution < -0.4 is 320 Å². The van der Waals surface area contributed by atoms with E-state index in [1.807, 2.05) is 0 Å². The average molecular weight is 1730 g/mol. The number of carboxylic acids is 2. The van der Waals surface area contributed by atoms with Gasteiger partial charge in [-0.25, -0.2) is 81.5 Å². The fourth-order valence-electron chi connectivity index (χ4n) is 8.93. The Hall–Kier alpha value is 7.26. The Labute approximate surface area is 793 Å². The Kier molecular flexibility index (Phi) is 57.7. The monoisotopic (exact) mass is 1730 g/mol. The van der Waals surface area contributed by atoms with E-state index in [0.717, 1.165) is 9.44 Å². The van der Waals surface area contributed by atoms with Crippen molar-refractivity contribution in [3.05, 3.63) is 0 Å². The maximum absolute atomic E-state index is 12.8. The SMILES string of the molecule is COC1O[C@H](COS(=O)(=O)[O-])[C@@H](O[C@@H]2O[C@@H](C(=O)[O-])[C@@H](OC3O[C@H](COS(=O)(=O)[O-])[C@@H](O[C@@H]4O[C@H](C(=O)[O-])[C@@H](OC5O[C@H](COS(=O)(=O)[O-])[C@@H](O)[C@H](O)[C@H]5NS(=O)(=O)[O-])C(O)[C@H]4O)[C@H](OS(=O)(=O)[O-])[C@H]3NS(=O)(=O)[O-])[C@H](O)[C@H]2OS(=O)(=O)[O-])C(O)[C@H]1NS(=O)(=O)[O-].[Na+].[Na+].[Na+].[Na+].[Na+].[Na+].[Na+].[Na+].[Na+].[Na+]. The van der Waals surface area contributed by atoms with Crippen molar-refractivity contribution in [1.82, 2.24) is 14.2 Å². The molecular formula is C31H43N3Na10O49S8. The molecule has 0 radical (unpaired) electrons. The van der Waals surface area contributed by atoms with Crippen LogP contribution in [0.1, 0.15) is 0 Å². The van der Waals surface area contributed by atoms with Gasteiger partial charge in [-0.2, -0.15) is 0 Å². The first-order valence-electron chi connectivity index (χ1n) is 23.4. The number of carbonyl (C=O) groups is 2. The second kappa shape index (κ2) is 49.0. The molecule has 5 saturated heterocycles. The van der Waals surface area contributed by atoms with Crippen LogP contribution in [-0.4, -0.2) is 327 Å². The van der Waals surface area contributed by atoms with Gasteiger partial charge < -0.3 is 134 Å². The Morgan fingerprint density at radius 2 is 0.653 bits per heavy atom. The van der Waals surface area contributed by atoms with Gasteiger partial charge in [0.1, 0.15) is 116 Å². The third-order valence-electron chi connectivity index (χ3n) is 12.4. The van der Waals surface area contributed by atoms with E-state index in [1.165, 1.54) is 4.72 Å². The molecule has 0 aromatic carbocycles. The summed E-state index contributed by atoms with van der Waals surface area (Å²) in [4.78, 5) is 25.5. The Balaban J connectivity index is -0.00000226. The van der Waals surface area contributed by atoms with Gasteiger partial charge in [0.05, 0.1) is 31.8 Å². The summed E-state index contributed by atoms with van der Waals surface area (Å²) < 4.78 is 359. The van der Waals surface area contributed by atoms with E-state index in [0.29, 0.717) is 7.11 Å². The van der Waals surface area contributed by atoms with Gasteiger partial charge in [-0.15, -0.1) is 0 Å². The fourth-order valence-corrected chi connectivity index (χ4v) is 12.6. The third kappa shape index (κ3) is 38.3. The first-order chi connectivity index (χ1) is 41.2. The minimum absolute atomic E-state index is 0. The summed E-state index contributed by atoms with van der Waals surface area (Å²) in [6, 6.07) is -8.60. The van der Waals surface area contributed by atoms with Crippen LogP contribution in [0.4, 0.5) is 0 Å². The Morgan fingerprint density at radius 1 is 0.337 bits per heavy atom. The summed E-state index contributed by atoms with van der Waals surface area (Å²) >= 11 is 0. The van der Waals surface area contributed by atoms with Crippen LogP contribution in [0.5, 0.6) is 0 Å². The van der Waals surface area contributed by atoms with E-state index < -0.39 is 268 Å². The molecule has 9 N–H and O–H groups in total. The number of hydrogen-bond acceptors (Lipinski definition) is 49. The number of aliphatic carboxylic acids is 2. The van der Waals surface area contributed by atoms with E-state index in [-0.39, 0.29) is 296 Å². The van der Waals surface area contributed by atoms with Crippen LogP contribution >= 0.6 is 0 Å². The Morgan fingerprint density at radius 3 is 1.04 bits per heavy atom. The summed E-state index contributed by atoms with van der Waals surface area (Å²) in [5.74, 6) is -5.54. The topological polar surface area (TPSA) is 834 Å². The second-order valence-corrected chi connectivity index (χ2v) is 27.1. The molecule has 534 valence electrons. The van der Waals surface area contributed by atoms with Crippen molar-refractivity contribution in [3.63, 3.8) is 0 Å². The number of rotatable bonds is 30. The third-order valence-corrected chi connectivity index (χ3v) is 16.2. The molecule has 0 saturated carbocycles. The van der Waals surface area contributed by atoms with Gasteiger partial charge in [-0.1, -0.05) is 0 Å². The van der Waals surface area contributed by atoms with Gasteiger partial charge in [-0.05, 0) is 0 Å². The number of ether oxygens (including phenoxy) is 10. The number of carboxylic acid groups (broad SMARTS) is 2. The number of methoxy groups -OCH3 is 1. The summed E-state index contributed by atoms with van der Waals surface area (Å²) in [5.41, 5.74) is 0. The van der Waals surface area contributed by atoms with E-state index in [9.17, 15) is 154 Å². The van der Waals surface area contributed by atoms with Crippen molar-refractivity contribution in [2.45, 2.75) is 153 Å². The zero-order valence-electron chi connectivity index (χ0n) is 53.6. The largest absolute Gasteiger partial charge is 1.00 e. The van der Waals surface area contributed by atoms with Gasteiger partial charge in [-0.3, -0.25) is 20.9 Å². The van der Waals surface area contributed by atoms with Crippen molar-refractivity contribution < 1.29 is 518 Å². The maximum Gasteiger partial charge on any atom is 1.00 e. The van der Waals surface area contributed by atoms with Crippen molar-refractivity contribution in [2.75, 3.05) is 26.9 Å². The second-order valence-electron chi connectivity index (χ2n) is 18.5. The molecule has 0 amide bonds. The summed E-state index contributed by atoms with van der Waals surface area (Å²) in [5, 5.41) is 92.1. The van der Waals surface area contributed by atoms with Gasteiger partial charge in [0.25, 0.3) is 0 Å². The molecule has 5 rings (SSSR count). The minimum atomic E-state index is -6.68. The molecule has 5 aliphatic rings. The molecule has 52 nitrogen and oxygen atoms in total. The fraction of sp³-hybridized carbons (Fsp3) is 0.935. The molecule has 0 spiro atoms. The zero-order valence-corrected chi connectivity index (χ0v) is 80.1. The minimum Gasteiger partial charge on any atom is -0.735 e. The molecule has 5 heterocycles. The molecule has 5 fully saturated rings. The molecule has 0 aromatic heterocycles. The van der Waals surface area contributed by atoms with Crippen LogP contribution in [0.3, 0.4) is 0 Å². The van der Waals surface area contributed by atoms with Crippen LogP contribution in [0.15, 0.2) is 0 Å². The summed E-state index contributed by atoms with van der Waals surface area (Å²) in [7, 11) is -48.4. The molecule has 5 unspecified atom stereocenters.